The first-order chi connectivity index (χ1) is 9.20. The normalized spacial score (nSPS) is 19.4. The monoisotopic (exact) mass is 363 g/mol. The number of carbonyl (C=O) groups excluding carboxylic acids is 1. The van der Waals surface area contributed by atoms with Gasteiger partial charge in [0.05, 0.1) is 4.92 Å². The summed E-state index contributed by atoms with van der Waals surface area (Å²) in [5, 5.41) is 15.0. The van der Waals surface area contributed by atoms with Crippen LogP contribution in [0.25, 0.3) is 0 Å². The maximum atomic E-state index is 11.9. The first-order valence-electron chi connectivity index (χ1n) is 5.46. The van der Waals surface area contributed by atoms with Crippen molar-refractivity contribution in [2.75, 3.05) is 11.4 Å². The number of carbonyl (C=O) groups is 1. The third-order valence-corrected chi connectivity index (χ3v) is 4.72. The van der Waals surface area contributed by atoms with E-state index in [0.717, 1.165) is 4.90 Å². The van der Waals surface area contributed by atoms with E-state index < -0.39 is 26.1 Å². The van der Waals surface area contributed by atoms with Crippen LogP contribution in [0.5, 0.6) is 0 Å². The number of hydrogen-bond acceptors (Lipinski definition) is 5. The van der Waals surface area contributed by atoms with Gasteiger partial charge in [0.2, 0.25) is 15.9 Å². The molecule has 1 aromatic carbocycles. The van der Waals surface area contributed by atoms with Crippen LogP contribution >= 0.6 is 15.9 Å². The lowest BCUT2D eigenvalue weighted by Gasteiger charge is -2.16. The molecule has 1 aliphatic heterocycles. The summed E-state index contributed by atoms with van der Waals surface area (Å²) in [6.45, 7) is -0.186. The van der Waals surface area contributed by atoms with Gasteiger partial charge in [-0.15, -0.1) is 0 Å². The van der Waals surface area contributed by atoms with E-state index in [4.69, 9.17) is 5.14 Å². The van der Waals surface area contributed by atoms with Crippen molar-refractivity contribution in [1.29, 1.82) is 0 Å². The molecule has 1 atom stereocenters. The molecule has 1 aliphatic rings. The molecule has 1 fully saturated rings. The van der Waals surface area contributed by atoms with E-state index in [0.29, 0.717) is 4.47 Å². The summed E-state index contributed by atoms with van der Waals surface area (Å²) in [5.74, 6) is -0.509. The second-order valence-corrected chi connectivity index (χ2v) is 7.07. The fourth-order valence-corrected chi connectivity index (χ4v) is 3.08. The number of hydrogen-bond donors (Lipinski definition) is 1. The zero-order valence-electron chi connectivity index (χ0n) is 10.0. The molecule has 1 amide bonds. The zero-order chi connectivity index (χ0) is 15.1. The van der Waals surface area contributed by atoms with Crippen LogP contribution in [0.4, 0.5) is 11.4 Å². The number of rotatable bonds is 3. The molecule has 20 heavy (non-hydrogen) atoms. The van der Waals surface area contributed by atoms with Crippen molar-refractivity contribution in [2.24, 2.45) is 5.14 Å². The summed E-state index contributed by atoms with van der Waals surface area (Å²) < 4.78 is 23.1. The first-order valence-corrected chi connectivity index (χ1v) is 7.86. The molecule has 10 heteroatoms. The predicted octanol–water partition coefficient (Wildman–Crippen LogP) is 0.751. The topological polar surface area (TPSA) is 124 Å². The van der Waals surface area contributed by atoms with Gasteiger partial charge in [-0.05, 0) is 12.1 Å². The van der Waals surface area contributed by atoms with E-state index in [9.17, 15) is 23.3 Å². The standard InChI is InChI=1S/C10H10BrN3O5S/c11-6-1-2-8(14(16)17)9(3-6)13-5-7(4-10(13)15)20(12,18)19/h1-3,7H,4-5H2,(H2,12,18,19). The van der Waals surface area contributed by atoms with Gasteiger partial charge >= 0.3 is 0 Å². The molecule has 2 rings (SSSR count). The minimum atomic E-state index is -3.86. The van der Waals surface area contributed by atoms with Gasteiger partial charge in [0.25, 0.3) is 5.69 Å². The van der Waals surface area contributed by atoms with Crippen LogP contribution in [0.3, 0.4) is 0 Å². The molecule has 8 nitrogen and oxygen atoms in total. The van der Waals surface area contributed by atoms with Gasteiger partial charge in [-0.3, -0.25) is 14.9 Å². The molecule has 1 unspecified atom stereocenters. The van der Waals surface area contributed by atoms with Crippen LogP contribution in [-0.2, 0) is 14.8 Å². The number of primary sulfonamides is 1. The van der Waals surface area contributed by atoms with Crippen molar-refractivity contribution >= 4 is 43.2 Å². The van der Waals surface area contributed by atoms with Crippen molar-refractivity contribution in [1.82, 2.24) is 0 Å². The van der Waals surface area contributed by atoms with Crippen molar-refractivity contribution in [2.45, 2.75) is 11.7 Å². The number of sulfonamides is 1. The van der Waals surface area contributed by atoms with Crippen LogP contribution < -0.4 is 10.0 Å². The molecule has 0 radical (unpaired) electrons. The fraction of sp³-hybridized carbons (Fsp3) is 0.300. The summed E-state index contributed by atoms with van der Waals surface area (Å²) in [5.41, 5.74) is -0.211. The average Bonchev–Trinajstić information content (AvgIpc) is 2.70. The number of anilines is 1. The highest BCUT2D eigenvalue weighted by Gasteiger charge is 2.39. The second kappa shape index (κ2) is 5.11. The third-order valence-electron chi connectivity index (χ3n) is 2.98. The van der Waals surface area contributed by atoms with Gasteiger partial charge in [-0.25, -0.2) is 13.6 Å². The smallest absolute Gasteiger partial charge is 0.293 e. The minimum Gasteiger partial charge on any atom is -0.305 e. The van der Waals surface area contributed by atoms with E-state index >= 15 is 0 Å². The number of halogens is 1. The summed E-state index contributed by atoms with van der Waals surface area (Å²) in [6, 6.07) is 4.12. The van der Waals surface area contributed by atoms with Crippen LogP contribution in [0.15, 0.2) is 22.7 Å². The number of nitrogens with two attached hydrogens (primary N) is 1. The summed E-state index contributed by atoms with van der Waals surface area (Å²) in [6.07, 6.45) is -0.275. The quantitative estimate of drug-likeness (QED) is 0.626. The third kappa shape index (κ3) is 2.81. The lowest BCUT2D eigenvalue weighted by molar-refractivity contribution is -0.384. The number of amides is 1. The summed E-state index contributed by atoms with van der Waals surface area (Å²) in [7, 11) is -3.86. The molecule has 1 aromatic rings. The number of nitrogens with zero attached hydrogens (tertiary/aromatic N) is 2. The molecule has 0 saturated carbocycles. The van der Waals surface area contributed by atoms with E-state index in [1.807, 2.05) is 0 Å². The molecule has 108 valence electrons. The van der Waals surface area contributed by atoms with Gasteiger partial charge in [0.1, 0.15) is 10.9 Å². The Balaban J connectivity index is 2.45. The molecule has 0 aliphatic carbocycles. The van der Waals surface area contributed by atoms with E-state index in [1.165, 1.54) is 18.2 Å². The fourth-order valence-electron chi connectivity index (χ4n) is 1.99. The lowest BCUT2D eigenvalue weighted by atomic mass is 10.2. The van der Waals surface area contributed by atoms with E-state index in [2.05, 4.69) is 15.9 Å². The molecule has 0 aromatic heterocycles. The minimum absolute atomic E-state index is 0.0560. The Kier molecular flexibility index (Phi) is 3.80. The molecule has 2 N–H and O–H groups in total. The maximum absolute atomic E-state index is 11.9. The largest absolute Gasteiger partial charge is 0.305 e. The highest BCUT2D eigenvalue weighted by molar-refractivity contribution is 9.10. The first kappa shape index (κ1) is 14.9. The second-order valence-electron chi connectivity index (χ2n) is 4.31. The Bertz CT molecular complexity index is 690. The highest BCUT2D eigenvalue weighted by atomic mass is 79.9. The van der Waals surface area contributed by atoms with Crippen molar-refractivity contribution in [3.63, 3.8) is 0 Å². The molecule has 1 saturated heterocycles. The van der Waals surface area contributed by atoms with Crippen molar-refractivity contribution < 1.29 is 18.1 Å². The molecule has 0 spiro atoms. The molecule has 0 bridgehead atoms. The summed E-state index contributed by atoms with van der Waals surface area (Å²) >= 11 is 3.16. The van der Waals surface area contributed by atoms with Crippen molar-refractivity contribution in [3.8, 4) is 0 Å². The van der Waals surface area contributed by atoms with Crippen molar-refractivity contribution in [3.05, 3.63) is 32.8 Å². The predicted molar refractivity (Wildman–Crippen MR) is 74.7 cm³/mol. The van der Waals surface area contributed by atoms with Gasteiger partial charge in [-0.2, -0.15) is 0 Å². The maximum Gasteiger partial charge on any atom is 0.293 e. The van der Waals surface area contributed by atoms with Crippen LogP contribution in [0, 0.1) is 10.1 Å². The summed E-state index contributed by atoms with van der Waals surface area (Å²) in [4.78, 5) is 23.3. The number of nitro groups is 1. The Labute approximate surface area is 122 Å². The van der Waals surface area contributed by atoms with E-state index in [-0.39, 0.29) is 24.3 Å². The number of benzene rings is 1. The molecule has 1 heterocycles. The van der Waals surface area contributed by atoms with Gasteiger partial charge in [0.15, 0.2) is 0 Å². The lowest BCUT2D eigenvalue weighted by Crippen LogP contribution is -2.32. The number of nitro benzene ring substituents is 1. The van der Waals surface area contributed by atoms with Gasteiger partial charge < -0.3 is 4.90 Å². The van der Waals surface area contributed by atoms with E-state index in [1.54, 1.807) is 0 Å². The van der Waals surface area contributed by atoms with Gasteiger partial charge in [-0.1, -0.05) is 15.9 Å². The Hall–Kier alpha value is -1.52. The highest BCUT2D eigenvalue weighted by Crippen LogP contribution is 2.34. The Morgan fingerprint density at radius 3 is 2.60 bits per heavy atom. The SMILES string of the molecule is NS(=O)(=O)C1CC(=O)N(c2cc(Br)ccc2[N+](=O)[O-])C1. The van der Waals surface area contributed by atoms with Gasteiger partial charge in [0, 0.05) is 23.5 Å². The van der Waals surface area contributed by atoms with Crippen LogP contribution in [0.2, 0.25) is 0 Å². The molecular formula is C10H10BrN3O5S. The Morgan fingerprint density at radius 1 is 1.45 bits per heavy atom. The van der Waals surface area contributed by atoms with Crippen LogP contribution in [-0.4, -0.2) is 31.0 Å². The van der Waals surface area contributed by atoms with Crippen LogP contribution in [0.1, 0.15) is 6.42 Å². The zero-order valence-corrected chi connectivity index (χ0v) is 12.4. The Morgan fingerprint density at radius 2 is 2.10 bits per heavy atom. The average molecular weight is 364 g/mol. The molecular weight excluding hydrogens is 354 g/mol.